The Balaban J connectivity index is 1.53. The van der Waals surface area contributed by atoms with Gasteiger partial charge >= 0.3 is 6.18 Å². The van der Waals surface area contributed by atoms with Crippen LogP contribution in [0.2, 0.25) is 0 Å². The number of likely N-dealkylation sites (tertiary alicyclic amines) is 1. The number of fused-ring (bicyclic) bond motifs is 1. The maximum absolute atomic E-state index is 13.8. The molecule has 204 valence electrons. The lowest BCUT2D eigenvalue weighted by atomic mass is 10.0. The number of anilines is 1. The minimum Gasteiger partial charge on any atom is -0.396 e. The van der Waals surface area contributed by atoms with E-state index in [4.69, 9.17) is 5.11 Å². The molecule has 3 N–H and O–H groups in total. The molecule has 4 rings (SSSR count). The zero-order valence-corrected chi connectivity index (χ0v) is 20.3. The first-order valence-corrected chi connectivity index (χ1v) is 12.1. The quantitative estimate of drug-likeness (QED) is 0.279. The molecule has 0 aliphatic carbocycles. The van der Waals surface area contributed by atoms with Gasteiger partial charge in [0.15, 0.2) is 0 Å². The van der Waals surface area contributed by atoms with Crippen LogP contribution in [0.1, 0.15) is 47.1 Å². The average Bonchev–Trinajstić information content (AvgIpc) is 2.89. The summed E-state index contributed by atoms with van der Waals surface area (Å²) in [4.78, 5) is 26.1. The van der Waals surface area contributed by atoms with Gasteiger partial charge in [0, 0.05) is 74.5 Å². The van der Waals surface area contributed by atoms with E-state index in [9.17, 15) is 26.7 Å². The van der Waals surface area contributed by atoms with Crippen molar-refractivity contribution in [2.75, 3.05) is 38.1 Å². The molecule has 38 heavy (non-hydrogen) atoms. The van der Waals surface area contributed by atoms with E-state index in [0.717, 1.165) is 12.4 Å². The summed E-state index contributed by atoms with van der Waals surface area (Å²) in [5, 5.41) is 15.4. The number of pyridine rings is 1. The lowest BCUT2D eigenvalue weighted by Crippen LogP contribution is -2.45. The van der Waals surface area contributed by atoms with Crippen LogP contribution in [0.3, 0.4) is 0 Å². The van der Waals surface area contributed by atoms with Crippen molar-refractivity contribution in [3.63, 3.8) is 0 Å². The van der Waals surface area contributed by atoms with E-state index >= 15 is 0 Å². The third-order valence-electron chi connectivity index (χ3n) is 6.35. The molecular formula is C25H27F5N6O2. The van der Waals surface area contributed by atoms with Crippen molar-refractivity contribution < 1.29 is 31.9 Å². The van der Waals surface area contributed by atoms with E-state index < -0.39 is 42.7 Å². The summed E-state index contributed by atoms with van der Waals surface area (Å²) in [5.74, 6) is -3.98. The number of aliphatic hydroxyl groups excluding tert-OH is 1. The van der Waals surface area contributed by atoms with E-state index in [2.05, 4.69) is 25.6 Å². The van der Waals surface area contributed by atoms with E-state index in [1.54, 1.807) is 35.2 Å². The number of rotatable bonds is 9. The molecule has 1 aliphatic rings. The highest BCUT2D eigenvalue weighted by molar-refractivity contribution is 6.06. The Bertz CT molecular complexity index is 1250. The predicted molar refractivity (Wildman–Crippen MR) is 130 cm³/mol. The Labute approximate surface area is 215 Å². The van der Waals surface area contributed by atoms with Crippen LogP contribution in [0.15, 0.2) is 42.7 Å². The predicted octanol–water partition coefficient (Wildman–Crippen LogP) is 4.04. The van der Waals surface area contributed by atoms with Crippen LogP contribution in [0, 0.1) is 0 Å². The minimum absolute atomic E-state index is 0.00119. The molecule has 1 saturated heterocycles. The first-order valence-electron chi connectivity index (χ1n) is 12.1. The molecule has 0 radical (unpaired) electrons. The van der Waals surface area contributed by atoms with Crippen LogP contribution in [-0.4, -0.2) is 69.6 Å². The van der Waals surface area contributed by atoms with Crippen molar-refractivity contribution >= 4 is 22.6 Å². The summed E-state index contributed by atoms with van der Waals surface area (Å²) in [6.07, 6.45) is -2.92. The highest BCUT2D eigenvalue weighted by Gasteiger charge is 2.38. The number of amides is 1. The molecular weight excluding hydrogens is 511 g/mol. The van der Waals surface area contributed by atoms with Gasteiger partial charge < -0.3 is 15.7 Å². The summed E-state index contributed by atoms with van der Waals surface area (Å²) < 4.78 is 66.3. The number of halogens is 5. The topological polar surface area (TPSA) is 103 Å². The number of nitrogens with zero attached hydrogens (tertiary/aromatic N) is 4. The first-order chi connectivity index (χ1) is 18.1. The molecule has 13 heteroatoms. The van der Waals surface area contributed by atoms with Crippen LogP contribution in [0.25, 0.3) is 10.9 Å². The summed E-state index contributed by atoms with van der Waals surface area (Å²) in [5.41, 5.74) is 1.18. The standard InChI is InChI=1S/C25H27F5N6O2/c26-24(27)7-10-36(11-8-24)20(16-13-33-23(34-14-16)25(28,29)30)15-32-22(38)18-3-1-4-19-17(18)5-6-21(35-19)31-9-2-12-37/h1,3-6,13-14,20,37H,2,7-12,15H2,(H,31,35)(H,32,38). The smallest absolute Gasteiger partial charge is 0.396 e. The van der Waals surface area contributed by atoms with Crippen molar-refractivity contribution in [1.29, 1.82) is 0 Å². The lowest BCUT2D eigenvalue weighted by Gasteiger charge is -2.37. The molecule has 0 saturated carbocycles. The van der Waals surface area contributed by atoms with Crippen molar-refractivity contribution in [2.45, 2.75) is 37.4 Å². The maximum Gasteiger partial charge on any atom is 0.451 e. The lowest BCUT2D eigenvalue weighted by molar-refractivity contribution is -0.145. The fourth-order valence-corrected chi connectivity index (χ4v) is 4.31. The number of hydrogen-bond acceptors (Lipinski definition) is 7. The second-order valence-corrected chi connectivity index (χ2v) is 9.03. The fraction of sp³-hybridized carbons (Fsp3) is 0.440. The third-order valence-corrected chi connectivity index (χ3v) is 6.35. The molecule has 1 aromatic carbocycles. The molecule has 0 bridgehead atoms. The van der Waals surface area contributed by atoms with Crippen LogP contribution in [0.4, 0.5) is 27.8 Å². The molecule has 1 unspecified atom stereocenters. The highest BCUT2D eigenvalue weighted by atomic mass is 19.4. The number of carbonyl (C=O) groups is 1. The Morgan fingerprint density at radius 1 is 1.11 bits per heavy atom. The molecule has 1 atom stereocenters. The second-order valence-electron chi connectivity index (χ2n) is 9.03. The molecule has 2 aromatic heterocycles. The van der Waals surface area contributed by atoms with Crippen LogP contribution >= 0.6 is 0 Å². The highest BCUT2D eigenvalue weighted by Crippen LogP contribution is 2.33. The van der Waals surface area contributed by atoms with E-state index in [0.29, 0.717) is 35.2 Å². The van der Waals surface area contributed by atoms with E-state index in [-0.39, 0.29) is 31.8 Å². The second kappa shape index (κ2) is 11.5. The fourth-order valence-electron chi connectivity index (χ4n) is 4.31. The Kier molecular flexibility index (Phi) is 8.36. The van der Waals surface area contributed by atoms with Gasteiger partial charge in [-0.05, 0) is 30.7 Å². The van der Waals surface area contributed by atoms with Crippen molar-refractivity contribution in [1.82, 2.24) is 25.2 Å². The molecule has 1 amide bonds. The van der Waals surface area contributed by atoms with Gasteiger partial charge in [0.25, 0.3) is 11.8 Å². The SMILES string of the molecule is O=C(NCC(c1cnc(C(F)(F)F)nc1)N1CCC(F)(F)CC1)c1cccc2nc(NCCCO)ccc12. The van der Waals surface area contributed by atoms with Gasteiger partial charge in [-0.2, -0.15) is 13.2 Å². The normalized spacial score (nSPS) is 16.8. The van der Waals surface area contributed by atoms with Gasteiger partial charge in [-0.25, -0.2) is 23.7 Å². The summed E-state index contributed by atoms with van der Waals surface area (Å²) >= 11 is 0. The number of aromatic nitrogens is 3. The van der Waals surface area contributed by atoms with E-state index in [1.165, 1.54) is 0 Å². The van der Waals surface area contributed by atoms with Gasteiger partial charge in [-0.1, -0.05) is 6.07 Å². The van der Waals surface area contributed by atoms with Crippen molar-refractivity contribution in [3.8, 4) is 0 Å². The van der Waals surface area contributed by atoms with Gasteiger partial charge in [0.1, 0.15) is 5.82 Å². The number of benzene rings is 1. The number of alkyl halides is 5. The van der Waals surface area contributed by atoms with Crippen molar-refractivity contribution in [2.24, 2.45) is 0 Å². The monoisotopic (exact) mass is 538 g/mol. The number of nitrogens with one attached hydrogen (secondary N) is 2. The van der Waals surface area contributed by atoms with Gasteiger partial charge in [0.2, 0.25) is 5.82 Å². The van der Waals surface area contributed by atoms with Crippen LogP contribution in [-0.2, 0) is 6.18 Å². The number of carbonyl (C=O) groups excluding carboxylic acids is 1. The average molecular weight is 539 g/mol. The molecule has 1 fully saturated rings. The maximum atomic E-state index is 13.8. The van der Waals surface area contributed by atoms with Crippen molar-refractivity contribution in [3.05, 3.63) is 59.7 Å². The zero-order valence-electron chi connectivity index (χ0n) is 20.3. The largest absolute Gasteiger partial charge is 0.451 e. The Morgan fingerprint density at radius 2 is 1.82 bits per heavy atom. The first kappa shape index (κ1) is 27.6. The van der Waals surface area contributed by atoms with Crippen LogP contribution < -0.4 is 10.6 Å². The number of hydrogen-bond donors (Lipinski definition) is 3. The van der Waals surface area contributed by atoms with Crippen LogP contribution in [0.5, 0.6) is 0 Å². The molecule has 1 aliphatic heterocycles. The van der Waals surface area contributed by atoms with Gasteiger partial charge in [-0.15, -0.1) is 0 Å². The van der Waals surface area contributed by atoms with E-state index in [1.807, 2.05) is 0 Å². The number of piperidine rings is 1. The molecule has 3 heterocycles. The third kappa shape index (κ3) is 6.70. The zero-order chi connectivity index (χ0) is 27.3. The summed E-state index contributed by atoms with van der Waals surface area (Å²) in [6, 6.07) is 7.80. The Hall–Kier alpha value is -3.45. The molecule has 3 aromatic rings. The molecule has 8 nitrogen and oxygen atoms in total. The van der Waals surface area contributed by atoms with Gasteiger partial charge in [0.05, 0.1) is 11.6 Å². The summed E-state index contributed by atoms with van der Waals surface area (Å²) in [6.45, 7) is 0.526. The summed E-state index contributed by atoms with van der Waals surface area (Å²) in [7, 11) is 0. The minimum atomic E-state index is -4.72. The Morgan fingerprint density at radius 3 is 2.47 bits per heavy atom. The number of aliphatic hydroxyl groups is 1. The van der Waals surface area contributed by atoms with Gasteiger partial charge in [-0.3, -0.25) is 9.69 Å². The molecule has 0 spiro atoms.